The van der Waals surface area contributed by atoms with Gasteiger partial charge in [0.05, 0.1) is 12.1 Å². The lowest BCUT2D eigenvalue weighted by Gasteiger charge is -2.22. The number of benzene rings is 1. The minimum Gasteiger partial charge on any atom is -0.326 e. The number of hydrogen-bond donors (Lipinski definition) is 1. The summed E-state index contributed by atoms with van der Waals surface area (Å²) in [7, 11) is 0. The molecule has 0 bridgehead atoms. The van der Waals surface area contributed by atoms with Crippen LogP contribution in [0.1, 0.15) is 55.5 Å². The number of rotatable bonds is 9. The number of hydrogen-bond acceptors (Lipinski definition) is 3. The second-order valence-electron chi connectivity index (χ2n) is 8.55. The van der Waals surface area contributed by atoms with E-state index >= 15 is 0 Å². The van der Waals surface area contributed by atoms with Crippen molar-refractivity contribution < 1.29 is 4.79 Å². The fourth-order valence-electron chi connectivity index (χ4n) is 3.70. The van der Waals surface area contributed by atoms with E-state index in [1.165, 1.54) is 12.8 Å². The van der Waals surface area contributed by atoms with Gasteiger partial charge in [-0.15, -0.1) is 0 Å². The van der Waals surface area contributed by atoms with Gasteiger partial charge in [-0.3, -0.25) is 9.69 Å². The molecule has 5 heteroatoms. The molecular formula is C24H32N4O. The summed E-state index contributed by atoms with van der Waals surface area (Å²) in [4.78, 5) is 15.2. The number of aromatic nitrogens is 1. The maximum atomic E-state index is 12.9. The van der Waals surface area contributed by atoms with Crippen LogP contribution in [0.5, 0.6) is 0 Å². The molecule has 1 heterocycles. The van der Waals surface area contributed by atoms with Crippen LogP contribution in [0.4, 0.5) is 5.82 Å². The first kappa shape index (κ1) is 21.1. The third-order valence-electron chi connectivity index (χ3n) is 5.79. The summed E-state index contributed by atoms with van der Waals surface area (Å²) in [6.07, 6.45) is 3.45. The van der Waals surface area contributed by atoms with E-state index in [1.54, 1.807) is 0 Å². The predicted molar refractivity (Wildman–Crippen MR) is 117 cm³/mol. The van der Waals surface area contributed by atoms with E-state index in [9.17, 15) is 10.1 Å². The van der Waals surface area contributed by atoms with E-state index in [0.29, 0.717) is 36.4 Å². The predicted octanol–water partition coefficient (Wildman–Crippen LogP) is 4.47. The summed E-state index contributed by atoms with van der Waals surface area (Å²) < 4.78 is 2.05. The molecule has 1 N–H and O–H groups in total. The highest BCUT2D eigenvalue weighted by Gasteiger charge is 2.30. The summed E-state index contributed by atoms with van der Waals surface area (Å²) in [6.45, 7) is 10.3. The maximum absolute atomic E-state index is 12.9. The van der Waals surface area contributed by atoms with E-state index in [0.717, 1.165) is 29.8 Å². The lowest BCUT2D eigenvalue weighted by molar-refractivity contribution is -0.117. The molecule has 3 rings (SSSR count). The van der Waals surface area contributed by atoms with Crippen molar-refractivity contribution in [2.24, 2.45) is 5.92 Å². The van der Waals surface area contributed by atoms with E-state index in [2.05, 4.69) is 46.8 Å². The van der Waals surface area contributed by atoms with Crippen LogP contribution in [0.3, 0.4) is 0 Å². The Labute approximate surface area is 174 Å². The number of anilines is 1. The molecule has 29 heavy (non-hydrogen) atoms. The molecule has 1 fully saturated rings. The summed E-state index contributed by atoms with van der Waals surface area (Å²) in [5, 5.41) is 12.8. The van der Waals surface area contributed by atoms with Gasteiger partial charge in [0.1, 0.15) is 11.9 Å². The van der Waals surface area contributed by atoms with Crippen molar-refractivity contribution in [1.29, 1.82) is 5.26 Å². The molecule has 1 aromatic carbocycles. The zero-order valence-electron chi connectivity index (χ0n) is 18.0. The van der Waals surface area contributed by atoms with Gasteiger partial charge in [0.2, 0.25) is 5.91 Å². The Morgan fingerprint density at radius 3 is 2.55 bits per heavy atom. The maximum Gasteiger partial charge on any atom is 0.239 e. The quantitative estimate of drug-likeness (QED) is 0.685. The van der Waals surface area contributed by atoms with Crippen molar-refractivity contribution in [3.8, 4) is 6.07 Å². The molecule has 5 nitrogen and oxygen atoms in total. The van der Waals surface area contributed by atoms with E-state index in [4.69, 9.17) is 0 Å². The first-order chi connectivity index (χ1) is 13.9. The normalized spacial score (nSPS) is 13.7. The van der Waals surface area contributed by atoms with Crippen molar-refractivity contribution in [2.75, 3.05) is 18.4 Å². The van der Waals surface area contributed by atoms with Gasteiger partial charge in [0.25, 0.3) is 0 Å². The zero-order valence-corrected chi connectivity index (χ0v) is 18.0. The number of nitrogens with zero attached hydrogens (tertiary/aromatic N) is 3. The molecule has 0 aliphatic heterocycles. The third-order valence-corrected chi connectivity index (χ3v) is 5.79. The van der Waals surface area contributed by atoms with Crippen LogP contribution < -0.4 is 5.32 Å². The Kier molecular flexibility index (Phi) is 6.76. The second-order valence-corrected chi connectivity index (χ2v) is 8.55. The Morgan fingerprint density at radius 1 is 1.28 bits per heavy atom. The summed E-state index contributed by atoms with van der Waals surface area (Å²) in [5.74, 6) is 1.21. The third kappa shape index (κ3) is 5.27. The van der Waals surface area contributed by atoms with Crippen LogP contribution in [0.25, 0.3) is 0 Å². The van der Waals surface area contributed by atoms with Gasteiger partial charge in [-0.1, -0.05) is 44.2 Å². The largest absolute Gasteiger partial charge is 0.326 e. The zero-order chi connectivity index (χ0) is 21.0. The molecule has 0 unspecified atom stereocenters. The van der Waals surface area contributed by atoms with Crippen LogP contribution >= 0.6 is 0 Å². The molecule has 1 aliphatic rings. The fraction of sp³-hybridized carbons (Fsp3) is 0.500. The van der Waals surface area contributed by atoms with E-state index in [-0.39, 0.29) is 5.91 Å². The van der Waals surface area contributed by atoms with Crippen molar-refractivity contribution >= 4 is 11.7 Å². The number of carbonyl (C=O) groups excluding carboxylic acids is 1. The highest BCUT2D eigenvalue weighted by Crippen LogP contribution is 2.29. The molecule has 0 spiro atoms. The monoisotopic (exact) mass is 392 g/mol. The highest BCUT2D eigenvalue weighted by atomic mass is 16.2. The molecule has 1 saturated carbocycles. The minimum absolute atomic E-state index is 0.0380. The van der Waals surface area contributed by atoms with Crippen LogP contribution in [0.15, 0.2) is 30.3 Å². The summed E-state index contributed by atoms with van der Waals surface area (Å²) in [5.41, 5.74) is 3.64. The summed E-state index contributed by atoms with van der Waals surface area (Å²) in [6, 6.07) is 13.0. The lowest BCUT2D eigenvalue weighted by atomic mass is 10.1. The Morgan fingerprint density at radius 2 is 1.97 bits per heavy atom. The molecule has 154 valence electrons. The SMILES string of the molecule is Cc1c(C#N)c(NC(=O)CN(CCC(C)C)C2CC2)n(Cc2ccccc2)c1C. The Balaban J connectivity index is 1.79. The molecule has 0 atom stereocenters. The second kappa shape index (κ2) is 9.28. The molecule has 0 radical (unpaired) electrons. The van der Waals surface area contributed by atoms with Crippen LogP contribution in [0.2, 0.25) is 0 Å². The number of amides is 1. The van der Waals surface area contributed by atoms with Crippen molar-refractivity contribution in [3.05, 3.63) is 52.7 Å². The van der Waals surface area contributed by atoms with Gasteiger partial charge in [0, 0.05) is 18.3 Å². The first-order valence-corrected chi connectivity index (χ1v) is 10.6. The molecular weight excluding hydrogens is 360 g/mol. The van der Waals surface area contributed by atoms with Crippen molar-refractivity contribution in [2.45, 2.75) is 59.5 Å². The average Bonchev–Trinajstić information content (AvgIpc) is 3.51. The average molecular weight is 393 g/mol. The highest BCUT2D eigenvalue weighted by molar-refractivity contribution is 5.93. The molecule has 2 aromatic rings. The molecule has 1 aliphatic carbocycles. The molecule has 0 saturated heterocycles. The number of carbonyl (C=O) groups is 1. The van der Waals surface area contributed by atoms with Gasteiger partial charge in [-0.2, -0.15) is 5.26 Å². The molecule has 1 aromatic heterocycles. The Bertz CT molecular complexity index is 888. The van der Waals surface area contributed by atoms with Crippen molar-refractivity contribution in [3.63, 3.8) is 0 Å². The van der Waals surface area contributed by atoms with Gasteiger partial charge in [0.15, 0.2) is 0 Å². The van der Waals surface area contributed by atoms with Gasteiger partial charge >= 0.3 is 0 Å². The number of nitrogens with one attached hydrogen (secondary N) is 1. The van der Waals surface area contributed by atoms with Gasteiger partial charge in [-0.05, 0) is 56.7 Å². The standard InChI is InChI=1S/C24H32N4O/c1-17(2)12-13-27(21-10-11-21)16-23(29)26-24-22(14-25)18(3)19(4)28(24)15-20-8-6-5-7-9-20/h5-9,17,21H,10-13,15-16H2,1-4H3,(H,26,29). The summed E-state index contributed by atoms with van der Waals surface area (Å²) >= 11 is 0. The Hall–Kier alpha value is -2.58. The minimum atomic E-state index is -0.0380. The molecule has 1 amide bonds. The van der Waals surface area contributed by atoms with Gasteiger partial charge < -0.3 is 9.88 Å². The smallest absolute Gasteiger partial charge is 0.239 e. The number of nitriles is 1. The van der Waals surface area contributed by atoms with E-state index in [1.807, 2.05) is 32.0 Å². The fourth-order valence-corrected chi connectivity index (χ4v) is 3.70. The van der Waals surface area contributed by atoms with Gasteiger partial charge in [-0.25, -0.2) is 0 Å². The topological polar surface area (TPSA) is 61.1 Å². The van der Waals surface area contributed by atoms with Crippen LogP contribution in [-0.2, 0) is 11.3 Å². The van der Waals surface area contributed by atoms with Crippen LogP contribution in [-0.4, -0.2) is 34.5 Å². The first-order valence-electron chi connectivity index (χ1n) is 10.6. The van der Waals surface area contributed by atoms with Crippen molar-refractivity contribution in [1.82, 2.24) is 9.47 Å². The van der Waals surface area contributed by atoms with E-state index < -0.39 is 0 Å². The lowest BCUT2D eigenvalue weighted by Crippen LogP contribution is -2.36. The van der Waals surface area contributed by atoms with Crippen LogP contribution in [0, 0.1) is 31.1 Å².